The molecule has 1 heterocycles. The predicted octanol–water partition coefficient (Wildman–Crippen LogP) is 3.39. The lowest BCUT2D eigenvalue weighted by Crippen LogP contribution is -2.41. The van der Waals surface area contributed by atoms with E-state index in [0.29, 0.717) is 0 Å². The normalized spacial score (nSPS) is 29.6. The van der Waals surface area contributed by atoms with Crippen LogP contribution < -0.4 is 0 Å². The highest BCUT2D eigenvalue weighted by Crippen LogP contribution is 2.51. The first kappa shape index (κ1) is 11.8. The third kappa shape index (κ3) is 2.41. The van der Waals surface area contributed by atoms with Gasteiger partial charge in [0.15, 0.2) is 0 Å². The van der Waals surface area contributed by atoms with Gasteiger partial charge >= 0.3 is 6.18 Å². The highest BCUT2D eigenvalue weighted by Gasteiger charge is 2.57. The van der Waals surface area contributed by atoms with E-state index < -0.39 is 11.6 Å². The van der Waals surface area contributed by atoms with Gasteiger partial charge in [-0.15, -0.1) is 0 Å². The second-order valence-corrected chi connectivity index (χ2v) is 5.32. The van der Waals surface area contributed by atoms with Crippen LogP contribution >= 0.6 is 0 Å². The molecule has 0 amide bonds. The number of hydrogen-bond acceptors (Lipinski definition) is 1. The van der Waals surface area contributed by atoms with E-state index in [0.717, 1.165) is 0 Å². The summed E-state index contributed by atoms with van der Waals surface area (Å²) in [6.45, 7) is 5.56. The van der Waals surface area contributed by atoms with E-state index in [2.05, 4.69) is 0 Å². The van der Waals surface area contributed by atoms with Crippen molar-refractivity contribution in [3.8, 4) is 0 Å². The third-order valence-electron chi connectivity index (χ3n) is 2.57. The SMILES string of the molecule is CC(C)(C)CC1(C(F)(F)F)CCOC1. The Morgan fingerprint density at radius 1 is 1.21 bits per heavy atom. The summed E-state index contributed by atoms with van der Waals surface area (Å²) in [5, 5.41) is 0. The van der Waals surface area contributed by atoms with Gasteiger partial charge in [0, 0.05) is 6.61 Å². The van der Waals surface area contributed by atoms with Crippen molar-refractivity contribution in [2.24, 2.45) is 10.8 Å². The molecule has 0 saturated carbocycles. The molecule has 1 rings (SSSR count). The Kier molecular flexibility index (Phi) is 2.87. The van der Waals surface area contributed by atoms with Crippen molar-refractivity contribution in [1.29, 1.82) is 0 Å². The number of hydrogen-bond donors (Lipinski definition) is 0. The van der Waals surface area contributed by atoms with E-state index in [9.17, 15) is 13.2 Å². The molecule has 14 heavy (non-hydrogen) atoms. The summed E-state index contributed by atoms with van der Waals surface area (Å²) in [4.78, 5) is 0. The van der Waals surface area contributed by atoms with Crippen LogP contribution in [0.5, 0.6) is 0 Å². The number of halogens is 3. The summed E-state index contributed by atoms with van der Waals surface area (Å²) in [5.74, 6) is 0. The minimum atomic E-state index is -4.14. The molecule has 0 aromatic heterocycles. The summed E-state index contributed by atoms with van der Waals surface area (Å²) in [6.07, 6.45) is -3.89. The van der Waals surface area contributed by atoms with Crippen LogP contribution in [0.25, 0.3) is 0 Å². The quantitative estimate of drug-likeness (QED) is 0.644. The number of ether oxygens (including phenoxy) is 1. The minimum Gasteiger partial charge on any atom is -0.380 e. The Hall–Kier alpha value is -0.250. The zero-order valence-electron chi connectivity index (χ0n) is 8.87. The van der Waals surface area contributed by atoms with Gasteiger partial charge in [0.05, 0.1) is 12.0 Å². The Morgan fingerprint density at radius 2 is 1.79 bits per heavy atom. The molecule has 0 radical (unpaired) electrons. The monoisotopic (exact) mass is 210 g/mol. The van der Waals surface area contributed by atoms with Crippen LogP contribution in [0, 0.1) is 10.8 Å². The smallest absolute Gasteiger partial charge is 0.380 e. The Balaban J connectivity index is 2.83. The van der Waals surface area contributed by atoms with Crippen molar-refractivity contribution in [2.45, 2.75) is 39.8 Å². The average Bonchev–Trinajstić information content (AvgIpc) is 2.31. The van der Waals surface area contributed by atoms with Crippen molar-refractivity contribution in [1.82, 2.24) is 0 Å². The molecule has 1 atom stereocenters. The first-order valence-corrected chi connectivity index (χ1v) is 4.81. The van der Waals surface area contributed by atoms with E-state index in [4.69, 9.17) is 4.74 Å². The highest BCUT2D eigenvalue weighted by atomic mass is 19.4. The molecule has 0 bridgehead atoms. The fraction of sp³-hybridized carbons (Fsp3) is 1.00. The van der Waals surface area contributed by atoms with Crippen molar-refractivity contribution in [2.75, 3.05) is 13.2 Å². The van der Waals surface area contributed by atoms with Crippen molar-refractivity contribution >= 4 is 0 Å². The number of alkyl halides is 3. The molecule has 0 aliphatic carbocycles. The zero-order chi connectivity index (χ0) is 11.0. The van der Waals surface area contributed by atoms with Gasteiger partial charge < -0.3 is 4.74 Å². The molecule has 0 spiro atoms. The summed E-state index contributed by atoms with van der Waals surface area (Å²) < 4.78 is 43.5. The molecule has 1 fully saturated rings. The average molecular weight is 210 g/mol. The zero-order valence-corrected chi connectivity index (χ0v) is 8.87. The molecule has 84 valence electrons. The maximum Gasteiger partial charge on any atom is 0.396 e. The van der Waals surface area contributed by atoms with Gasteiger partial charge in [-0.25, -0.2) is 0 Å². The van der Waals surface area contributed by atoms with Crippen molar-refractivity contribution in [3.05, 3.63) is 0 Å². The van der Waals surface area contributed by atoms with E-state index >= 15 is 0 Å². The topological polar surface area (TPSA) is 9.23 Å². The van der Waals surface area contributed by atoms with Gasteiger partial charge in [-0.1, -0.05) is 20.8 Å². The Bertz CT molecular complexity index is 196. The van der Waals surface area contributed by atoms with Gasteiger partial charge in [0.2, 0.25) is 0 Å². The maximum atomic E-state index is 12.9. The van der Waals surface area contributed by atoms with E-state index in [1.807, 2.05) is 20.8 Å². The van der Waals surface area contributed by atoms with Crippen LogP contribution in [0.4, 0.5) is 13.2 Å². The van der Waals surface area contributed by atoms with Crippen LogP contribution in [0.1, 0.15) is 33.6 Å². The van der Waals surface area contributed by atoms with Crippen LogP contribution in [-0.2, 0) is 4.74 Å². The molecular formula is C10H17F3O. The van der Waals surface area contributed by atoms with E-state index in [1.54, 1.807) is 0 Å². The minimum absolute atomic E-state index is 0.105. The Labute approximate surface area is 82.6 Å². The maximum absolute atomic E-state index is 12.9. The molecule has 1 aliphatic heterocycles. The fourth-order valence-corrected chi connectivity index (χ4v) is 2.09. The number of rotatable bonds is 1. The predicted molar refractivity (Wildman–Crippen MR) is 48.0 cm³/mol. The lowest BCUT2D eigenvalue weighted by atomic mass is 9.73. The molecule has 1 saturated heterocycles. The second-order valence-electron chi connectivity index (χ2n) is 5.32. The van der Waals surface area contributed by atoms with Gasteiger partial charge in [-0.3, -0.25) is 0 Å². The second kappa shape index (κ2) is 3.40. The van der Waals surface area contributed by atoms with Gasteiger partial charge in [0.1, 0.15) is 0 Å². The molecule has 0 aromatic rings. The first-order valence-electron chi connectivity index (χ1n) is 4.81. The summed E-state index contributed by atoms with van der Waals surface area (Å²) in [6, 6.07) is 0. The lowest BCUT2D eigenvalue weighted by Gasteiger charge is -2.35. The molecule has 0 N–H and O–H groups in total. The van der Waals surface area contributed by atoms with Gasteiger partial charge in [-0.05, 0) is 18.3 Å². The first-order chi connectivity index (χ1) is 6.16. The Morgan fingerprint density at radius 3 is 2.07 bits per heavy atom. The largest absolute Gasteiger partial charge is 0.396 e. The highest BCUT2D eigenvalue weighted by molar-refractivity contribution is 4.92. The fourth-order valence-electron chi connectivity index (χ4n) is 2.09. The van der Waals surface area contributed by atoms with Crippen LogP contribution in [-0.4, -0.2) is 19.4 Å². The summed E-state index contributed by atoms with van der Waals surface area (Å²) >= 11 is 0. The van der Waals surface area contributed by atoms with Crippen LogP contribution in [0.2, 0.25) is 0 Å². The van der Waals surface area contributed by atoms with E-state index in [1.165, 1.54) is 0 Å². The van der Waals surface area contributed by atoms with Crippen molar-refractivity contribution < 1.29 is 17.9 Å². The summed E-state index contributed by atoms with van der Waals surface area (Å²) in [5.41, 5.74) is -1.92. The standard InChI is InChI=1S/C10H17F3O/c1-8(2,3)6-9(10(11,12)13)4-5-14-7-9/h4-7H2,1-3H3. The van der Waals surface area contributed by atoms with E-state index in [-0.39, 0.29) is 31.5 Å². The van der Waals surface area contributed by atoms with Gasteiger partial charge in [-0.2, -0.15) is 13.2 Å². The lowest BCUT2D eigenvalue weighted by molar-refractivity contribution is -0.232. The molecule has 4 heteroatoms. The molecule has 1 unspecified atom stereocenters. The van der Waals surface area contributed by atoms with Crippen molar-refractivity contribution in [3.63, 3.8) is 0 Å². The molecule has 0 aromatic carbocycles. The van der Waals surface area contributed by atoms with Gasteiger partial charge in [0.25, 0.3) is 0 Å². The molecular weight excluding hydrogens is 193 g/mol. The van der Waals surface area contributed by atoms with Crippen LogP contribution in [0.3, 0.4) is 0 Å². The third-order valence-corrected chi connectivity index (χ3v) is 2.57. The molecule has 1 nitrogen and oxygen atoms in total. The van der Waals surface area contributed by atoms with Crippen LogP contribution in [0.15, 0.2) is 0 Å². The molecule has 1 aliphatic rings. The summed E-state index contributed by atoms with van der Waals surface area (Å²) in [7, 11) is 0.